The van der Waals surface area contributed by atoms with E-state index >= 15 is 0 Å². The average Bonchev–Trinajstić information content (AvgIpc) is 2.71. The lowest BCUT2D eigenvalue weighted by atomic mass is 10.1. The van der Waals surface area contributed by atoms with Gasteiger partial charge in [-0.3, -0.25) is 4.79 Å². The molecule has 0 saturated carbocycles. The van der Waals surface area contributed by atoms with E-state index in [-0.39, 0.29) is 11.7 Å². The molecule has 19 heavy (non-hydrogen) atoms. The first-order chi connectivity index (χ1) is 9.13. The number of fused-ring (bicyclic) bond motifs is 1. The Bertz CT molecular complexity index is 670. The third-order valence-corrected chi connectivity index (χ3v) is 3.04. The number of carbonyl (C=O) groups is 1. The second-order valence-corrected chi connectivity index (χ2v) is 4.43. The molecule has 0 atom stereocenters. The molecule has 0 fully saturated rings. The normalized spacial score (nSPS) is 13.0. The van der Waals surface area contributed by atoms with Crippen molar-refractivity contribution < 1.29 is 9.18 Å². The van der Waals surface area contributed by atoms with Gasteiger partial charge >= 0.3 is 0 Å². The maximum atomic E-state index is 13.6. The molecule has 1 aliphatic heterocycles. The minimum absolute atomic E-state index is 0.0579. The fraction of sp³-hybridized carbons (Fsp3) is 0.0714. The van der Waals surface area contributed by atoms with Crippen LogP contribution in [0.4, 0.5) is 27.1 Å². The van der Waals surface area contributed by atoms with Gasteiger partial charge in [-0.1, -0.05) is 12.1 Å². The van der Waals surface area contributed by atoms with Crippen LogP contribution in [0.2, 0.25) is 0 Å². The Morgan fingerprint density at radius 2 is 2.00 bits per heavy atom. The predicted molar refractivity (Wildman–Crippen MR) is 72.9 cm³/mol. The van der Waals surface area contributed by atoms with Gasteiger partial charge in [0.2, 0.25) is 5.91 Å². The Balaban J connectivity index is 1.97. The summed E-state index contributed by atoms with van der Waals surface area (Å²) in [6.07, 6.45) is 0.333. The Kier molecular flexibility index (Phi) is 2.59. The van der Waals surface area contributed by atoms with Crippen LogP contribution in [-0.4, -0.2) is 5.91 Å². The largest absolute Gasteiger partial charge is 0.397 e. The number of nitrogens with one attached hydrogen (secondary N) is 2. The van der Waals surface area contributed by atoms with Crippen LogP contribution in [0.5, 0.6) is 0 Å². The molecule has 4 N–H and O–H groups in total. The van der Waals surface area contributed by atoms with Crippen molar-refractivity contribution in [2.24, 2.45) is 0 Å². The van der Waals surface area contributed by atoms with Gasteiger partial charge in [0, 0.05) is 5.69 Å². The topological polar surface area (TPSA) is 67.2 Å². The molecule has 0 radical (unpaired) electrons. The average molecular weight is 257 g/mol. The number of benzene rings is 2. The van der Waals surface area contributed by atoms with Crippen molar-refractivity contribution in [2.75, 3.05) is 16.4 Å². The second-order valence-electron chi connectivity index (χ2n) is 4.43. The van der Waals surface area contributed by atoms with Crippen molar-refractivity contribution in [3.05, 3.63) is 47.8 Å². The third-order valence-electron chi connectivity index (χ3n) is 3.04. The van der Waals surface area contributed by atoms with E-state index in [2.05, 4.69) is 10.6 Å². The lowest BCUT2D eigenvalue weighted by Crippen LogP contribution is -2.03. The summed E-state index contributed by atoms with van der Waals surface area (Å²) in [5, 5.41) is 5.67. The van der Waals surface area contributed by atoms with Crippen molar-refractivity contribution in [1.82, 2.24) is 0 Å². The summed E-state index contributed by atoms with van der Waals surface area (Å²) in [6, 6.07) is 9.80. The van der Waals surface area contributed by atoms with Crippen LogP contribution in [0, 0.1) is 5.82 Å². The molecule has 96 valence electrons. The zero-order valence-corrected chi connectivity index (χ0v) is 10.0. The molecule has 3 rings (SSSR count). The molecular formula is C14H12FN3O. The van der Waals surface area contributed by atoms with E-state index in [1.165, 1.54) is 6.07 Å². The molecule has 0 unspecified atom stereocenters. The molecule has 0 saturated heterocycles. The minimum Gasteiger partial charge on any atom is -0.397 e. The minimum atomic E-state index is -0.355. The van der Waals surface area contributed by atoms with Crippen molar-refractivity contribution in [2.45, 2.75) is 6.42 Å². The van der Waals surface area contributed by atoms with Gasteiger partial charge in [0.1, 0.15) is 5.82 Å². The Hall–Kier alpha value is -2.56. The summed E-state index contributed by atoms with van der Waals surface area (Å²) in [5.41, 5.74) is 8.90. The molecule has 0 bridgehead atoms. The molecule has 1 heterocycles. The van der Waals surface area contributed by atoms with Crippen LogP contribution in [0.1, 0.15) is 5.56 Å². The number of rotatable bonds is 2. The summed E-state index contributed by atoms with van der Waals surface area (Å²) in [4.78, 5) is 11.3. The van der Waals surface area contributed by atoms with Crippen LogP contribution in [0.25, 0.3) is 0 Å². The van der Waals surface area contributed by atoms with Crippen LogP contribution >= 0.6 is 0 Å². The smallest absolute Gasteiger partial charge is 0.228 e. The Morgan fingerprint density at radius 1 is 1.21 bits per heavy atom. The fourth-order valence-corrected chi connectivity index (χ4v) is 2.11. The summed E-state index contributed by atoms with van der Waals surface area (Å²) in [5.74, 6) is -0.413. The Morgan fingerprint density at radius 3 is 2.79 bits per heavy atom. The molecule has 2 aromatic rings. The van der Waals surface area contributed by atoms with Gasteiger partial charge < -0.3 is 16.4 Å². The number of amides is 1. The Labute approximate surface area is 109 Å². The fourth-order valence-electron chi connectivity index (χ4n) is 2.11. The molecule has 2 aromatic carbocycles. The quantitative estimate of drug-likeness (QED) is 0.724. The lowest BCUT2D eigenvalue weighted by Gasteiger charge is -2.12. The first-order valence-electron chi connectivity index (χ1n) is 5.87. The van der Waals surface area contributed by atoms with Gasteiger partial charge in [0.25, 0.3) is 0 Å². The van der Waals surface area contributed by atoms with E-state index < -0.39 is 0 Å². The second kappa shape index (κ2) is 4.28. The van der Waals surface area contributed by atoms with E-state index in [4.69, 9.17) is 5.73 Å². The van der Waals surface area contributed by atoms with E-state index in [0.717, 1.165) is 11.3 Å². The molecule has 0 spiro atoms. The summed E-state index contributed by atoms with van der Waals surface area (Å²) >= 11 is 0. The van der Waals surface area contributed by atoms with Gasteiger partial charge in [-0.25, -0.2) is 4.39 Å². The van der Waals surface area contributed by atoms with Crippen LogP contribution in [0.3, 0.4) is 0 Å². The number of para-hydroxylation sites is 1. The number of hydrogen-bond donors (Lipinski definition) is 3. The van der Waals surface area contributed by atoms with Crippen LogP contribution < -0.4 is 16.4 Å². The van der Waals surface area contributed by atoms with Crippen molar-refractivity contribution in [3.8, 4) is 0 Å². The summed E-state index contributed by atoms with van der Waals surface area (Å²) in [7, 11) is 0. The highest BCUT2D eigenvalue weighted by Crippen LogP contribution is 2.33. The number of nitrogen functional groups attached to an aromatic ring is 1. The van der Waals surface area contributed by atoms with E-state index in [1.807, 2.05) is 0 Å². The standard InChI is InChI=1S/C14H12FN3O/c15-9-3-1-2-4-11(9)17-13-7-12-8(5-10(13)16)6-14(19)18-12/h1-5,7,17H,6,16H2,(H,18,19). The number of carbonyl (C=O) groups excluding carboxylic acids is 1. The van der Waals surface area contributed by atoms with Gasteiger partial charge in [-0.15, -0.1) is 0 Å². The SMILES string of the molecule is Nc1cc2c(cc1Nc1ccccc1F)NC(=O)C2. The molecule has 0 aliphatic carbocycles. The van der Waals surface area contributed by atoms with Gasteiger partial charge in [0.05, 0.1) is 23.5 Å². The number of hydrogen-bond acceptors (Lipinski definition) is 3. The molecule has 5 heteroatoms. The zero-order chi connectivity index (χ0) is 13.4. The first kappa shape index (κ1) is 11.5. The monoisotopic (exact) mass is 257 g/mol. The van der Waals surface area contributed by atoms with Crippen molar-refractivity contribution in [1.29, 1.82) is 0 Å². The van der Waals surface area contributed by atoms with E-state index in [0.29, 0.717) is 23.5 Å². The summed E-state index contributed by atoms with van der Waals surface area (Å²) < 4.78 is 13.6. The molecular weight excluding hydrogens is 245 g/mol. The maximum absolute atomic E-state index is 13.6. The number of halogens is 1. The maximum Gasteiger partial charge on any atom is 0.228 e. The first-order valence-corrected chi connectivity index (χ1v) is 5.87. The van der Waals surface area contributed by atoms with Crippen LogP contribution in [0.15, 0.2) is 36.4 Å². The van der Waals surface area contributed by atoms with Gasteiger partial charge in [-0.2, -0.15) is 0 Å². The highest BCUT2D eigenvalue weighted by Gasteiger charge is 2.19. The van der Waals surface area contributed by atoms with E-state index in [1.54, 1.807) is 30.3 Å². The molecule has 0 aromatic heterocycles. The third kappa shape index (κ3) is 2.10. The lowest BCUT2D eigenvalue weighted by molar-refractivity contribution is -0.115. The van der Waals surface area contributed by atoms with Gasteiger partial charge in [-0.05, 0) is 29.8 Å². The highest BCUT2D eigenvalue weighted by molar-refractivity contribution is 6.01. The number of anilines is 4. The zero-order valence-electron chi connectivity index (χ0n) is 10.0. The van der Waals surface area contributed by atoms with Crippen molar-refractivity contribution in [3.63, 3.8) is 0 Å². The van der Waals surface area contributed by atoms with Crippen molar-refractivity contribution >= 4 is 28.7 Å². The molecule has 1 aliphatic rings. The van der Waals surface area contributed by atoms with E-state index in [9.17, 15) is 9.18 Å². The predicted octanol–water partition coefficient (Wildman–Crippen LogP) is 2.65. The molecule has 4 nitrogen and oxygen atoms in total. The highest BCUT2D eigenvalue weighted by atomic mass is 19.1. The van der Waals surface area contributed by atoms with Crippen LogP contribution in [-0.2, 0) is 11.2 Å². The number of nitrogens with two attached hydrogens (primary N) is 1. The van der Waals surface area contributed by atoms with Gasteiger partial charge in [0.15, 0.2) is 0 Å². The summed E-state index contributed by atoms with van der Waals surface area (Å²) in [6.45, 7) is 0. The molecule has 1 amide bonds.